The van der Waals surface area contributed by atoms with Crippen molar-refractivity contribution < 1.29 is 9.90 Å². The van der Waals surface area contributed by atoms with Crippen molar-refractivity contribution in [2.75, 3.05) is 0 Å². The first-order valence-electron chi connectivity index (χ1n) is 8.76. The third kappa shape index (κ3) is 3.98. The van der Waals surface area contributed by atoms with Crippen molar-refractivity contribution in [3.63, 3.8) is 0 Å². The number of nitrogens with zero attached hydrogens (tertiary/aromatic N) is 3. The van der Waals surface area contributed by atoms with Crippen LogP contribution in [-0.2, 0) is 17.8 Å². The molecule has 0 saturated heterocycles. The van der Waals surface area contributed by atoms with E-state index in [9.17, 15) is 9.90 Å². The molecule has 0 fully saturated rings. The Balaban J connectivity index is 2.04. The number of carbonyl (C=O) groups is 1. The van der Waals surface area contributed by atoms with Crippen molar-refractivity contribution in [2.45, 2.75) is 38.4 Å². The number of aryl methyl sites for hydroxylation is 1. The van der Waals surface area contributed by atoms with Crippen LogP contribution < -0.4 is 5.11 Å². The molecule has 140 valence electrons. The van der Waals surface area contributed by atoms with Crippen LogP contribution in [0, 0.1) is 6.92 Å². The Hall–Kier alpha value is -2.80. The topological polar surface area (TPSA) is 86.6 Å². The van der Waals surface area contributed by atoms with Gasteiger partial charge in [0.15, 0.2) is 0 Å². The maximum Gasteiger partial charge on any atom is 0.213 e. The molecule has 0 amide bonds. The molecule has 0 aliphatic rings. The van der Waals surface area contributed by atoms with Crippen LogP contribution in [0.1, 0.15) is 30.4 Å². The number of aromatic nitrogens is 4. The molecule has 0 aliphatic heterocycles. The van der Waals surface area contributed by atoms with Crippen molar-refractivity contribution in [1.29, 1.82) is 0 Å². The lowest BCUT2D eigenvalue weighted by Gasteiger charge is -2.07. The molecular weight excluding hydrogens is 360 g/mol. The van der Waals surface area contributed by atoms with Gasteiger partial charge in [0.05, 0.1) is 5.97 Å². The molecule has 0 spiro atoms. The molecular formula is C20H21N4O2S-. The lowest BCUT2D eigenvalue weighted by Crippen LogP contribution is -2.23. The molecule has 3 rings (SSSR count). The Kier molecular flexibility index (Phi) is 5.81. The van der Waals surface area contributed by atoms with Crippen molar-refractivity contribution >= 4 is 34.7 Å². The summed E-state index contributed by atoms with van der Waals surface area (Å²) in [7, 11) is 0. The number of hydrogen-bond acceptors (Lipinski definition) is 5. The Labute approximate surface area is 162 Å². The summed E-state index contributed by atoms with van der Waals surface area (Å²) >= 11 is 0.994. The minimum atomic E-state index is -1.25. The average molecular weight is 381 g/mol. The highest BCUT2D eigenvalue weighted by Gasteiger charge is 2.14. The second-order valence-electron chi connectivity index (χ2n) is 6.13. The fraction of sp³-hybridized carbons (Fsp3) is 0.250. The molecule has 0 saturated carbocycles. The number of aromatic amines is 1. The molecule has 0 atom stereocenters. The molecule has 0 bridgehead atoms. The number of allylic oxidation sites excluding steroid dienone is 1. The minimum absolute atomic E-state index is 0.0710. The number of hydrogen-bond donors (Lipinski definition) is 1. The van der Waals surface area contributed by atoms with E-state index >= 15 is 0 Å². The van der Waals surface area contributed by atoms with Crippen molar-refractivity contribution in [3.05, 3.63) is 58.9 Å². The zero-order valence-corrected chi connectivity index (χ0v) is 16.2. The molecule has 2 aromatic heterocycles. The number of fused-ring (bicyclic) bond motifs is 1. The number of benzene rings is 1. The summed E-state index contributed by atoms with van der Waals surface area (Å²) in [5.74, 6) is -0.502. The SMILES string of the molecule is C=CCn1c(C)c(/C=C(\Sc2n[nH]c(CCC)n2)C(=O)[O-])c2ccccc21. The van der Waals surface area contributed by atoms with E-state index in [0.29, 0.717) is 11.7 Å². The highest BCUT2D eigenvalue weighted by atomic mass is 32.2. The number of aliphatic carboxylic acids is 1. The zero-order valence-electron chi connectivity index (χ0n) is 15.4. The second kappa shape index (κ2) is 8.26. The van der Waals surface area contributed by atoms with Gasteiger partial charge in [0.1, 0.15) is 5.82 Å². The highest BCUT2D eigenvalue weighted by Crippen LogP contribution is 2.31. The highest BCUT2D eigenvalue weighted by molar-refractivity contribution is 8.04. The van der Waals surface area contributed by atoms with Gasteiger partial charge in [0, 0.05) is 40.0 Å². The van der Waals surface area contributed by atoms with Crippen LogP contribution in [0.5, 0.6) is 0 Å². The molecule has 7 heteroatoms. The quantitative estimate of drug-likeness (QED) is 0.368. The van der Waals surface area contributed by atoms with Crippen molar-refractivity contribution in [1.82, 2.24) is 19.7 Å². The van der Waals surface area contributed by atoms with Gasteiger partial charge >= 0.3 is 0 Å². The van der Waals surface area contributed by atoms with E-state index in [0.717, 1.165) is 52.6 Å². The Morgan fingerprint density at radius 1 is 1.41 bits per heavy atom. The first kappa shape index (κ1) is 19.0. The summed E-state index contributed by atoms with van der Waals surface area (Å²) in [4.78, 5) is 16.1. The van der Waals surface area contributed by atoms with Crippen LogP contribution in [-0.4, -0.2) is 25.7 Å². The molecule has 0 aliphatic carbocycles. The van der Waals surface area contributed by atoms with Crippen LogP contribution >= 0.6 is 11.8 Å². The van der Waals surface area contributed by atoms with E-state index < -0.39 is 5.97 Å². The van der Waals surface area contributed by atoms with Crippen LogP contribution in [0.3, 0.4) is 0 Å². The van der Waals surface area contributed by atoms with Gasteiger partial charge in [-0.1, -0.05) is 31.2 Å². The van der Waals surface area contributed by atoms with E-state index in [2.05, 4.69) is 26.3 Å². The number of para-hydroxylation sites is 1. The van der Waals surface area contributed by atoms with E-state index in [-0.39, 0.29) is 4.91 Å². The Morgan fingerprint density at radius 2 is 2.19 bits per heavy atom. The van der Waals surface area contributed by atoms with Crippen LogP contribution in [0.15, 0.2) is 47.0 Å². The number of rotatable bonds is 8. The van der Waals surface area contributed by atoms with E-state index in [1.54, 1.807) is 6.08 Å². The summed E-state index contributed by atoms with van der Waals surface area (Å²) < 4.78 is 2.11. The van der Waals surface area contributed by atoms with E-state index in [1.165, 1.54) is 0 Å². The maximum atomic E-state index is 11.7. The number of thioether (sulfide) groups is 1. The second-order valence-corrected chi connectivity index (χ2v) is 7.14. The predicted molar refractivity (Wildman–Crippen MR) is 106 cm³/mol. The van der Waals surface area contributed by atoms with E-state index in [1.807, 2.05) is 44.2 Å². The lowest BCUT2D eigenvalue weighted by molar-refractivity contribution is -0.297. The molecule has 2 heterocycles. The van der Waals surface area contributed by atoms with Crippen LogP contribution in [0.2, 0.25) is 0 Å². The zero-order chi connectivity index (χ0) is 19.4. The standard InChI is InChI=1S/C20H22N4O2S/c1-4-8-18-21-20(23-22-18)27-17(19(25)26)12-15-13(3)24(11-5-2)16-10-7-6-9-14(15)16/h5-7,9-10,12H,2,4,8,11H2,1,3H3,(H,25,26)(H,21,22,23)/p-1/b17-12-. The minimum Gasteiger partial charge on any atom is -0.544 e. The molecule has 6 nitrogen and oxygen atoms in total. The summed E-state index contributed by atoms with van der Waals surface area (Å²) in [5, 5.41) is 20.0. The van der Waals surface area contributed by atoms with Gasteiger partial charge in [0.25, 0.3) is 0 Å². The van der Waals surface area contributed by atoms with Crippen LogP contribution in [0.25, 0.3) is 17.0 Å². The Morgan fingerprint density at radius 3 is 2.89 bits per heavy atom. The fourth-order valence-electron chi connectivity index (χ4n) is 3.04. The summed E-state index contributed by atoms with van der Waals surface area (Å²) in [5.41, 5.74) is 2.85. The number of H-pyrrole nitrogens is 1. The van der Waals surface area contributed by atoms with E-state index in [4.69, 9.17) is 0 Å². The van der Waals surface area contributed by atoms with Gasteiger partial charge in [0.2, 0.25) is 5.16 Å². The molecule has 27 heavy (non-hydrogen) atoms. The van der Waals surface area contributed by atoms with Gasteiger partial charge < -0.3 is 14.5 Å². The van der Waals surface area contributed by atoms with Gasteiger partial charge in [-0.05, 0) is 37.2 Å². The predicted octanol–water partition coefficient (Wildman–Crippen LogP) is 3.09. The normalized spacial score (nSPS) is 11.9. The number of nitrogens with one attached hydrogen (secondary N) is 1. The smallest absolute Gasteiger partial charge is 0.213 e. The third-order valence-electron chi connectivity index (χ3n) is 4.27. The van der Waals surface area contributed by atoms with Crippen molar-refractivity contribution in [2.24, 2.45) is 0 Å². The lowest BCUT2D eigenvalue weighted by atomic mass is 10.1. The summed E-state index contributed by atoms with van der Waals surface area (Å²) in [6, 6.07) is 7.90. The number of carboxylic acid groups (broad SMARTS) is 1. The number of carbonyl (C=O) groups excluding carboxylic acids is 1. The summed E-state index contributed by atoms with van der Waals surface area (Å²) in [6.45, 7) is 8.48. The average Bonchev–Trinajstić information content (AvgIpc) is 3.19. The maximum absolute atomic E-state index is 11.7. The van der Waals surface area contributed by atoms with Crippen molar-refractivity contribution in [3.8, 4) is 0 Å². The van der Waals surface area contributed by atoms with Gasteiger partial charge in [-0.2, -0.15) is 0 Å². The fourth-order valence-corrected chi connectivity index (χ4v) is 3.74. The molecule has 0 unspecified atom stereocenters. The summed E-state index contributed by atoms with van der Waals surface area (Å²) in [6.07, 6.45) is 5.17. The number of carboxylic acids is 1. The first-order valence-corrected chi connectivity index (χ1v) is 9.57. The van der Waals surface area contributed by atoms with Crippen LogP contribution in [0.4, 0.5) is 0 Å². The van der Waals surface area contributed by atoms with Gasteiger partial charge in [-0.15, -0.1) is 11.7 Å². The molecule has 1 N–H and O–H groups in total. The third-order valence-corrected chi connectivity index (χ3v) is 5.14. The largest absolute Gasteiger partial charge is 0.544 e. The van der Waals surface area contributed by atoms with Gasteiger partial charge in [-0.25, -0.2) is 4.98 Å². The molecule has 1 aromatic carbocycles. The molecule has 0 radical (unpaired) electrons. The molecule has 3 aromatic rings. The Bertz CT molecular complexity index is 1020. The first-order chi connectivity index (χ1) is 13.0. The van der Waals surface area contributed by atoms with Gasteiger partial charge in [-0.3, -0.25) is 5.10 Å². The monoisotopic (exact) mass is 381 g/mol.